The van der Waals surface area contributed by atoms with Crippen molar-refractivity contribution in [1.82, 2.24) is 9.80 Å². The number of anilines is 1. The molecule has 280 valence electrons. The van der Waals surface area contributed by atoms with Crippen LogP contribution in [0.5, 0.6) is 17.2 Å². The van der Waals surface area contributed by atoms with Gasteiger partial charge in [0.25, 0.3) is 0 Å². The van der Waals surface area contributed by atoms with E-state index < -0.39 is 28.7 Å². The zero-order valence-electron chi connectivity index (χ0n) is 29.2. The third kappa shape index (κ3) is 11.6. The number of ether oxygens (including phenoxy) is 4. The molecule has 0 N–H and O–H groups in total. The summed E-state index contributed by atoms with van der Waals surface area (Å²) >= 11 is 13.0. The minimum Gasteiger partial charge on any atom is -0.495 e. The lowest BCUT2D eigenvalue weighted by molar-refractivity contribution is -0.0515. The van der Waals surface area contributed by atoms with E-state index in [-0.39, 0.29) is 46.5 Å². The van der Waals surface area contributed by atoms with Crippen molar-refractivity contribution in [1.29, 1.82) is 0 Å². The summed E-state index contributed by atoms with van der Waals surface area (Å²) in [5.74, 6) is -0.331. The molecule has 1 aliphatic carbocycles. The first kappa shape index (κ1) is 40.4. The quantitative estimate of drug-likeness (QED) is 0.115. The predicted molar refractivity (Wildman–Crippen MR) is 196 cm³/mol. The van der Waals surface area contributed by atoms with E-state index in [1.807, 2.05) is 7.05 Å². The maximum absolute atomic E-state index is 14.0. The van der Waals surface area contributed by atoms with Crippen LogP contribution in [0.25, 0.3) is 0 Å². The molecule has 1 saturated carbocycles. The Bertz CT molecular complexity index is 1710. The first-order valence-electron chi connectivity index (χ1n) is 16.6. The number of sulfonamides is 1. The molecule has 1 saturated heterocycles. The maximum atomic E-state index is 14.0. The Kier molecular flexibility index (Phi) is 14.6. The van der Waals surface area contributed by atoms with Crippen molar-refractivity contribution in [2.45, 2.75) is 38.9 Å². The van der Waals surface area contributed by atoms with Crippen molar-refractivity contribution in [2.75, 3.05) is 70.6 Å². The van der Waals surface area contributed by atoms with Gasteiger partial charge < -0.3 is 23.8 Å². The Hall–Kier alpha value is -3.36. The molecule has 0 aromatic heterocycles. The Morgan fingerprint density at radius 1 is 1.08 bits per heavy atom. The molecule has 2 aliphatic rings. The number of esters is 1. The number of hydrogen-bond donors (Lipinski definition) is 0. The van der Waals surface area contributed by atoms with Crippen LogP contribution in [-0.4, -0.2) is 97.1 Å². The molecule has 4 rings (SSSR count). The van der Waals surface area contributed by atoms with Gasteiger partial charge in [-0.2, -0.15) is 8.78 Å². The van der Waals surface area contributed by atoms with E-state index in [2.05, 4.69) is 16.4 Å². The van der Waals surface area contributed by atoms with E-state index in [9.17, 15) is 22.0 Å². The Morgan fingerprint density at radius 2 is 1.76 bits per heavy atom. The van der Waals surface area contributed by atoms with E-state index in [1.165, 1.54) is 53.9 Å². The van der Waals surface area contributed by atoms with Gasteiger partial charge in [0.05, 0.1) is 31.2 Å². The monoisotopic (exact) mass is 771 g/mol. The zero-order chi connectivity index (χ0) is 37.3. The first-order valence-corrected chi connectivity index (χ1v) is 19.2. The maximum Gasteiger partial charge on any atom is 0.387 e. The molecule has 0 spiro atoms. The molecule has 0 radical (unpaired) electrons. The number of piperazine rings is 1. The Morgan fingerprint density at radius 3 is 2.35 bits per heavy atom. The van der Waals surface area contributed by atoms with Gasteiger partial charge in [0, 0.05) is 55.8 Å². The summed E-state index contributed by atoms with van der Waals surface area (Å²) in [6.07, 6.45) is 4.98. The second kappa shape index (κ2) is 18.4. The molecule has 1 aliphatic heterocycles. The summed E-state index contributed by atoms with van der Waals surface area (Å²) in [6, 6.07) is 8.70. The number of rotatable bonds is 18. The molecule has 0 unspecified atom stereocenters. The van der Waals surface area contributed by atoms with Crippen molar-refractivity contribution in [2.24, 2.45) is 5.92 Å². The molecule has 2 aromatic carbocycles. The molecule has 0 amide bonds. The number of allylic oxidation sites excluding steroid dienone is 4. The molecule has 2 fully saturated rings. The standard InChI is InChI=1S/C36H45Cl2F2N3O7S/c1-6-28(37)27(29(38)7-2)22-33(25-10-13-32(50-36(39)40)34(21-25)48-23-24-8-9-24)49-35(44)26-11-12-31(47-4)30(20-26)43(51(5,45)46)19-18-42-16-14-41(3)15-17-42/h6-7,10-13,20-21,24,33,36H,1,8-9,14-19,22-23H2,2-5H3/b28-27+,29-7+/t33-/m0/s1. The van der Waals surface area contributed by atoms with Crippen molar-refractivity contribution < 1.29 is 40.9 Å². The van der Waals surface area contributed by atoms with Crippen molar-refractivity contribution in [3.8, 4) is 17.2 Å². The largest absolute Gasteiger partial charge is 0.495 e. The highest BCUT2D eigenvalue weighted by atomic mass is 35.5. The smallest absolute Gasteiger partial charge is 0.387 e. The summed E-state index contributed by atoms with van der Waals surface area (Å²) in [5.41, 5.74) is 1.03. The van der Waals surface area contributed by atoms with Crippen LogP contribution in [0.15, 0.2) is 70.8 Å². The number of nitrogens with zero attached hydrogens (tertiary/aromatic N) is 3. The number of hydrogen-bond acceptors (Lipinski definition) is 9. The molecule has 15 heteroatoms. The second-order valence-electron chi connectivity index (χ2n) is 12.5. The first-order chi connectivity index (χ1) is 24.2. The average Bonchev–Trinajstić information content (AvgIpc) is 3.93. The summed E-state index contributed by atoms with van der Waals surface area (Å²) < 4.78 is 76.2. The molecule has 1 heterocycles. The molecule has 0 bridgehead atoms. The molecule has 2 aromatic rings. The van der Waals surface area contributed by atoms with Gasteiger partial charge in [0.2, 0.25) is 10.0 Å². The zero-order valence-corrected chi connectivity index (χ0v) is 31.6. The number of benzene rings is 2. The van der Waals surface area contributed by atoms with Crippen molar-refractivity contribution in [3.05, 3.63) is 81.9 Å². The lowest BCUT2D eigenvalue weighted by Gasteiger charge is -2.34. The van der Waals surface area contributed by atoms with Crippen LogP contribution in [0, 0.1) is 5.92 Å². The fourth-order valence-corrected chi connectivity index (χ4v) is 6.84. The Balaban J connectivity index is 1.71. The fourth-order valence-electron chi connectivity index (χ4n) is 5.52. The third-order valence-corrected chi connectivity index (χ3v) is 10.7. The van der Waals surface area contributed by atoms with Gasteiger partial charge in [0.15, 0.2) is 11.5 Å². The summed E-state index contributed by atoms with van der Waals surface area (Å²) in [7, 11) is -0.345. The Labute approximate surface area is 309 Å². The van der Waals surface area contributed by atoms with Gasteiger partial charge in [-0.25, -0.2) is 13.2 Å². The topological polar surface area (TPSA) is 97.9 Å². The molecule has 1 atom stereocenters. The van der Waals surface area contributed by atoms with E-state index >= 15 is 0 Å². The van der Waals surface area contributed by atoms with Gasteiger partial charge in [-0.15, -0.1) is 0 Å². The number of alkyl halides is 2. The highest BCUT2D eigenvalue weighted by molar-refractivity contribution is 7.92. The molecule has 10 nitrogen and oxygen atoms in total. The highest BCUT2D eigenvalue weighted by Crippen LogP contribution is 2.40. The fraction of sp³-hybridized carbons (Fsp3) is 0.472. The summed E-state index contributed by atoms with van der Waals surface area (Å²) in [6.45, 7) is 6.62. The minimum absolute atomic E-state index is 0.0274. The average molecular weight is 773 g/mol. The van der Waals surface area contributed by atoms with Crippen LogP contribution in [0.3, 0.4) is 0 Å². The number of carbonyl (C=O) groups excluding carboxylic acids is 1. The number of likely N-dealkylation sites (N-methyl/N-ethyl adjacent to an activating group) is 1. The van der Waals surface area contributed by atoms with E-state index in [0.29, 0.717) is 35.2 Å². The lowest BCUT2D eigenvalue weighted by Crippen LogP contribution is -2.47. The molecular formula is C36H45Cl2F2N3O7S. The van der Waals surface area contributed by atoms with Gasteiger partial charge in [-0.1, -0.05) is 48.0 Å². The molecule has 51 heavy (non-hydrogen) atoms. The van der Waals surface area contributed by atoms with Crippen molar-refractivity contribution >= 4 is 44.9 Å². The van der Waals surface area contributed by atoms with E-state index in [1.54, 1.807) is 13.0 Å². The molecular weight excluding hydrogens is 727 g/mol. The van der Waals surface area contributed by atoms with E-state index in [4.69, 9.17) is 42.1 Å². The van der Waals surface area contributed by atoms with Gasteiger partial charge in [-0.3, -0.25) is 9.21 Å². The van der Waals surface area contributed by atoms with Gasteiger partial charge in [-0.05, 0) is 74.2 Å². The third-order valence-electron chi connectivity index (χ3n) is 8.67. The van der Waals surface area contributed by atoms with Gasteiger partial charge >= 0.3 is 12.6 Å². The second-order valence-corrected chi connectivity index (χ2v) is 15.2. The number of carbonyl (C=O) groups is 1. The van der Waals surface area contributed by atoms with Crippen LogP contribution < -0.4 is 18.5 Å². The van der Waals surface area contributed by atoms with Gasteiger partial charge in [0.1, 0.15) is 11.9 Å². The minimum atomic E-state index is -3.80. The van der Waals surface area contributed by atoms with Crippen LogP contribution >= 0.6 is 23.2 Å². The van der Waals surface area contributed by atoms with Crippen molar-refractivity contribution in [3.63, 3.8) is 0 Å². The van der Waals surface area contributed by atoms with Crippen LogP contribution in [0.2, 0.25) is 0 Å². The SMILES string of the molecule is C=C/C(Cl)=C(C[C@H](OC(=O)c1ccc(OC)c(N(CCN2CCN(C)CC2)S(C)(=O)=O)c1)c1ccc(OC(F)F)c(OCC2CC2)c1)\C(Cl)=C/C. The number of methoxy groups -OCH3 is 1. The summed E-state index contributed by atoms with van der Waals surface area (Å²) in [4.78, 5) is 18.3. The van der Waals surface area contributed by atoms with Crippen LogP contribution in [0.1, 0.15) is 48.2 Å². The highest BCUT2D eigenvalue weighted by Gasteiger charge is 2.29. The van der Waals surface area contributed by atoms with Crippen LogP contribution in [-0.2, 0) is 14.8 Å². The van der Waals surface area contributed by atoms with Crippen LogP contribution in [0.4, 0.5) is 14.5 Å². The lowest BCUT2D eigenvalue weighted by atomic mass is 9.99. The summed E-state index contributed by atoms with van der Waals surface area (Å²) in [5, 5.41) is 0.512. The van der Waals surface area contributed by atoms with E-state index in [0.717, 1.165) is 45.3 Å². The predicted octanol–water partition coefficient (Wildman–Crippen LogP) is 7.21. The normalized spacial score (nSPS) is 17.1. The number of halogens is 4.